The summed E-state index contributed by atoms with van der Waals surface area (Å²) in [6.45, 7) is 5.16. The highest BCUT2D eigenvalue weighted by Gasteiger charge is 2.29. The van der Waals surface area contributed by atoms with Gasteiger partial charge in [-0.05, 0) is 52.5 Å². The first-order valence-electron chi connectivity index (χ1n) is 9.54. The van der Waals surface area contributed by atoms with Gasteiger partial charge in [-0.3, -0.25) is 14.3 Å². The largest absolute Gasteiger partial charge is 0.349 e. The zero-order chi connectivity index (χ0) is 18.5. The van der Waals surface area contributed by atoms with E-state index in [4.69, 9.17) is 0 Å². The van der Waals surface area contributed by atoms with E-state index in [1.165, 1.54) is 0 Å². The maximum Gasteiger partial charge on any atom is 0.271 e. The molecule has 0 radical (unpaired) electrons. The van der Waals surface area contributed by atoms with Gasteiger partial charge >= 0.3 is 0 Å². The quantitative estimate of drug-likeness (QED) is 0.765. The highest BCUT2D eigenvalue weighted by molar-refractivity contribution is 5.92. The van der Waals surface area contributed by atoms with Crippen molar-refractivity contribution in [1.82, 2.24) is 30.2 Å². The Morgan fingerprint density at radius 2 is 2.15 bits per heavy atom. The van der Waals surface area contributed by atoms with Crippen LogP contribution in [0.5, 0.6) is 0 Å². The Bertz CT molecular complexity index is 634. The normalized spacial score (nSPS) is 20.6. The van der Waals surface area contributed by atoms with Crippen molar-refractivity contribution in [3.8, 4) is 0 Å². The highest BCUT2D eigenvalue weighted by Crippen LogP contribution is 2.21. The molecule has 8 heteroatoms. The molecule has 0 saturated carbocycles. The van der Waals surface area contributed by atoms with Crippen molar-refractivity contribution in [2.24, 2.45) is 5.92 Å². The predicted molar refractivity (Wildman–Crippen MR) is 98.7 cm³/mol. The molecule has 2 amide bonds. The molecule has 0 bridgehead atoms. The molecule has 0 unspecified atom stereocenters. The van der Waals surface area contributed by atoms with Gasteiger partial charge in [0.25, 0.3) is 5.91 Å². The van der Waals surface area contributed by atoms with Crippen molar-refractivity contribution in [2.45, 2.75) is 32.4 Å². The van der Waals surface area contributed by atoms with E-state index in [0.29, 0.717) is 31.9 Å². The van der Waals surface area contributed by atoms with Gasteiger partial charge in [-0.25, -0.2) is 0 Å². The number of carbonyl (C=O) groups is 2. The molecular formula is C18H30N6O2. The van der Waals surface area contributed by atoms with Crippen LogP contribution in [0.25, 0.3) is 0 Å². The molecule has 1 aromatic rings. The van der Waals surface area contributed by atoms with Crippen molar-refractivity contribution in [2.75, 3.05) is 46.8 Å². The molecule has 3 heterocycles. The van der Waals surface area contributed by atoms with Crippen molar-refractivity contribution >= 4 is 11.8 Å². The van der Waals surface area contributed by atoms with E-state index in [0.717, 1.165) is 44.6 Å². The predicted octanol–water partition coefficient (Wildman–Crippen LogP) is -0.0936. The molecule has 2 aliphatic rings. The van der Waals surface area contributed by atoms with E-state index in [1.54, 1.807) is 0 Å². The molecule has 2 aliphatic heterocycles. The Balaban J connectivity index is 1.59. The molecule has 8 nitrogen and oxygen atoms in total. The standard InChI is InChI=1S/C18H30N6O2/c1-22(2)9-8-20-17(25)16-12-15-13-23(10-11-24(15)21-16)18(26)14-4-3-6-19-7-5-14/h12,14,19H,3-11,13H2,1-2H3,(H,20,25)/t14-/m1/s1. The second-order valence-corrected chi connectivity index (χ2v) is 7.44. The Morgan fingerprint density at radius 3 is 2.96 bits per heavy atom. The zero-order valence-electron chi connectivity index (χ0n) is 15.8. The van der Waals surface area contributed by atoms with Crippen molar-refractivity contribution in [3.05, 3.63) is 17.5 Å². The highest BCUT2D eigenvalue weighted by atomic mass is 16.2. The lowest BCUT2D eigenvalue weighted by atomic mass is 9.98. The van der Waals surface area contributed by atoms with Crippen LogP contribution in [0.1, 0.15) is 35.4 Å². The van der Waals surface area contributed by atoms with E-state index < -0.39 is 0 Å². The van der Waals surface area contributed by atoms with Gasteiger partial charge in [0.1, 0.15) is 0 Å². The molecule has 144 valence electrons. The van der Waals surface area contributed by atoms with E-state index in [2.05, 4.69) is 15.7 Å². The second-order valence-electron chi connectivity index (χ2n) is 7.44. The van der Waals surface area contributed by atoms with Crippen LogP contribution in [0.3, 0.4) is 0 Å². The number of likely N-dealkylation sites (N-methyl/N-ethyl adjacent to an activating group) is 1. The summed E-state index contributed by atoms with van der Waals surface area (Å²) in [5.74, 6) is 0.216. The molecule has 2 N–H and O–H groups in total. The van der Waals surface area contributed by atoms with Crippen molar-refractivity contribution in [3.63, 3.8) is 0 Å². The van der Waals surface area contributed by atoms with Gasteiger partial charge in [-0.2, -0.15) is 5.10 Å². The molecule has 26 heavy (non-hydrogen) atoms. The smallest absolute Gasteiger partial charge is 0.271 e. The number of fused-ring (bicyclic) bond motifs is 1. The minimum absolute atomic E-state index is 0.119. The van der Waals surface area contributed by atoms with E-state index >= 15 is 0 Å². The van der Waals surface area contributed by atoms with Crippen LogP contribution in [0, 0.1) is 5.92 Å². The number of nitrogens with zero attached hydrogens (tertiary/aromatic N) is 4. The molecule has 0 aromatic carbocycles. The maximum atomic E-state index is 12.8. The third-order valence-corrected chi connectivity index (χ3v) is 5.11. The molecular weight excluding hydrogens is 332 g/mol. The third kappa shape index (κ3) is 4.62. The fourth-order valence-electron chi connectivity index (χ4n) is 3.57. The summed E-state index contributed by atoms with van der Waals surface area (Å²) in [5.41, 5.74) is 1.38. The molecule has 0 aliphatic carbocycles. The summed E-state index contributed by atoms with van der Waals surface area (Å²) in [6.07, 6.45) is 2.93. The van der Waals surface area contributed by atoms with Crippen LogP contribution < -0.4 is 10.6 Å². The van der Waals surface area contributed by atoms with E-state index in [-0.39, 0.29) is 17.7 Å². The Morgan fingerprint density at radius 1 is 1.31 bits per heavy atom. The van der Waals surface area contributed by atoms with Crippen LogP contribution in [0.4, 0.5) is 0 Å². The topological polar surface area (TPSA) is 82.5 Å². The van der Waals surface area contributed by atoms with E-state index in [1.807, 2.05) is 34.6 Å². The fourth-order valence-corrected chi connectivity index (χ4v) is 3.57. The SMILES string of the molecule is CN(C)CCNC(=O)c1cc2n(n1)CCN(C(=O)[C@@H]1CCCNCC1)C2. The Kier molecular flexibility index (Phi) is 6.26. The summed E-state index contributed by atoms with van der Waals surface area (Å²) in [4.78, 5) is 29.0. The van der Waals surface area contributed by atoms with Gasteiger partial charge in [0, 0.05) is 25.6 Å². The summed E-state index contributed by atoms with van der Waals surface area (Å²) in [5, 5.41) is 10.7. The maximum absolute atomic E-state index is 12.8. The van der Waals surface area contributed by atoms with Gasteiger partial charge < -0.3 is 20.4 Å². The third-order valence-electron chi connectivity index (χ3n) is 5.11. The van der Waals surface area contributed by atoms with Crippen LogP contribution >= 0.6 is 0 Å². The summed E-state index contributed by atoms with van der Waals surface area (Å²) >= 11 is 0. The number of nitrogens with one attached hydrogen (secondary N) is 2. The summed E-state index contributed by atoms with van der Waals surface area (Å²) in [6, 6.07) is 1.82. The minimum atomic E-state index is -0.151. The van der Waals surface area contributed by atoms with Crippen LogP contribution in [-0.4, -0.2) is 78.2 Å². The molecule has 3 rings (SSSR count). The summed E-state index contributed by atoms with van der Waals surface area (Å²) in [7, 11) is 3.94. The van der Waals surface area contributed by atoms with Gasteiger partial charge in [-0.15, -0.1) is 0 Å². The number of carbonyl (C=O) groups excluding carboxylic acids is 2. The number of hydrogen-bond acceptors (Lipinski definition) is 5. The average molecular weight is 362 g/mol. The van der Waals surface area contributed by atoms with Crippen molar-refractivity contribution in [1.29, 1.82) is 0 Å². The average Bonchev–Trinajstić information content (AvgIpc) is 2.86. The molecule has 1 saturated heterocycles. The van der Waals surface area contributed by atoms with Gasteiger partial charge in [-0.1, -0.05) is 0 Å². The van der Waals surface area contributed by atoms with Crippen LogP contribution in [-0.2, 0) is 17.9 Å². The lowest BCUT2D eigenvalue weighted by Gasteiger charge is -2.30. The number of rotatable bonds is 5. The van der Waals surface area contributed by atoms with Gasteiger partial charge in [0.15, 0.2) is 5.69 Å². The monoisotopic (exact) mass is 362 g/mol. The first-order chi connectivity index (χ1) is 12.5. The number of amides is 2. The van der Waals surface area contributed by atoms with Crippen LogP contribution in [0.15, 0.2) is 6.07 Å². The second kappa shape index (κ2) is 8.64. The lowest BCUT2D eigenvalue weighted by Crippen LogP contribution is -2.41. The number of hydrogen-bond donors (Lipinski definition) is 2. The lowest BCUT2D eigenvalue weighted by molar-refractivity contribution is -0.137. The number of aromatic nitrogens is 2. The van der Waals surface area contributed by atoms with Crippen LogP contribution in [0.2, 0.25) is 0 Å². The molecule has 1 atom stereocenters. The van der Waals surface area contributed by atoms with E-state index in [9.17, 15) is 9.59 Å². The van der Waals surface area contributed by atoms with Gasteiger partial charge in [0.2, 0.25) is 5.91 Å². The minimum Gasteiger partial charge on any atom is -0.349 e. The van der Waals surface area contributed by atoms with Gasteiger partial charge in [0.05, 0.1) is 18.8 Å². The van der Waals surface area contributed by atoms with Crippen molar-refractivity contribution < 1.29 is 9.59 Å². The first-order valence-corrected chi connectivity index (χ1v) is 9.54. The zero-order valence-corrected chi connectivity index (χ0v) is 15.8. The molecule has 1 aromatic heterocycles. The molecule has 0 spiro atoms. The Hall–Kier alpha value is -1.93. The molecule has 1 fully saturated rings. The summed E-state index contributed by atoms with van der Waals surface area (Å²) < 4.78 is 1.86. The Labute approximate surface area is 154 Å². The fraction of sp³-hybridized carbons (Fsp3) is 0.722. The first kappa shape index (κ1) is 18.8.